The number of hydrogen-bond donors (Lipinski definition) is 0. The van der Waals surface area contributed by atoms with Gasteiger partial charge in [0.1, 0.15) is 13.1 Å². The van der Waals surface area contributed by atoms with Crippen LogP contribution in [0.5, 0.6) is 12.0 Å². The lowest BCUT2D eigenvalue weighted by atomic mass is 10.1. The van der Waals surface area contributed by atoms with E-state index in [1.54, 1.807) is 0 Å². The van der Waals surface area contributed by atoms with Gasteiger partial charge < -0.3 is 14.2 Å². The summed E-state index contributed by atoms with van der Waals surface area (Å²) in [6, 6.07) is 0.755. The van der Waals surface area contributed by atoms with Crippen molar-refractivity contribution < 1.29 is 14.2 Å². The van der Waals surface area contributed by atoms with Crippen molar-refractivity contribution in [2.75, 3.05) is 46.1 Å². The second kappa shape index (κ2) is 10.6. The predicted molar refractivity (Wildman–Crippen MR) is 103 cm³/mol. The molecule has 1 aliphatic heterocycles. The van der Waals surface area contributed by atoms with E-state index < -0.39 is 0 Å². The molecule has 7 heteroatoms. The van der Waals surface area contributed by atoms with Crippen LogP contribution in [0.1, 0.15) is 53.4 Å². The lowest BCUT2D eigenvalue weighted by Crippen LogP contribution is -2.59. The van der Waals surface area contributed by atoms with Gasteiger partial charge in [0.15, 0.2) is 0 Å². The highest BCUT2D eigenvalue weighted by Crippen LogP contribution is 2.26. The first-order chi connectivity index (χ1) is 12.6. The Bertz CT molecular complexity index is 505. The Balaban J connectivity index is 2.29. The van der Waals surface area contributed by atoms with E-state index in [0.717, 1.165) is 64.5 Å². The van der Waals surface area contributed by atoms with Gasteiger partial charge in [-0.05, 0) is 12.8 Å². The maximum atomic E-state index is 5.79. The first-order valence-electron chi connectivity index (χ1n) is 10.1. The molecule has 2 rings (SSSR count). The van der Waals surface area contributed by atoms with E-state index in [1.165, 1.54) is 0 Å². The summed E-state index contributed by atoms with van der Waals surface area (Å²) in [6.45, 7) is 14.1. The molecule has 0 atom stereocenters. The van der Waals surface area contributed by atoms with Gasteiger partial charge in [-0.3, -0.25) is 4.48 Å². The Morgan fingerprint density at radius 3 is 1.92 bits per heavy atom. The minimum atomic E-state index is 0.377. The van der Waals surface area contributed by atoms with Crippen LogP contribution in [-0.2, 0) is 4.74 Å². The molecular weight excluding hydrogens is 332 g/mol. The number of rotatable bonds is 11. The van der Waals surface area contributed by atoms with E-state index in [9.17, 15) is 0 Å². The molecule has 1 fully saturated rings. The molecule has 0 radical (unpaired) electrons. The third-order valence-corrected chi connectivity index (χ3v) is 4.51. The number of quaternary nitrogens is 1. The molecule has 2 heterocycles. The average molecular weight is 368 g/mol. The average Bonchev–Trinajstić information content (AvgIpc) is 2.62. The first kappa shape index (κ1) is 20.8. The van der Waals surface area contributed by atoms with Crippen LogP contribution >= 0.6 is 0 Å². The van der Waals surface area contributed by atoms with Gasteiger partial charge in [-0.2, -0.15) is 0 Å². The summed E-state index contributed by atoms with van der Waals surface area (Å²) < 4.78 is 17.9. The fourth-order valence-electron chi connectivity index (χ4n) is 3.14. The second-order valence-electron chi connectivity index (χ2n) is 7.39. The maximum absolute atomic E-state index is 5.79. The molecule has 1 aromatic rings. The summed E-state index contributed by atoms with van der Waals surface area (Å²) in [5.74, 6) is 1.27. The Morgan fingerprint density at radius 1 is 0.923 bits per heavy atom. The molecule has 7 nitrogen and oxygen atoms in total. The number of unbranched alkanes of at least 4 members (excludes halogenated alkanes) is 2. The SMILES string of the molecule is CCCCOc1nc(OCCCC)nc([N+]2(CC(C)C)CCOCC2)n1. The zero-order chi connectivity index (χ0) is 18.8. The number of hydrogen-bond acceptors (Lipinski definition) is 6. The molecule has 0 bridgehead atoms. The third-order valence-electron chi connectivity index (χ3n) is 4.51. The monoisotopic (exact) mass is 367 g/mol. The van der Waals surface area contributed by atoms with E-state index in [4.69, 9.17) is 14.2 Å². The third kappa shape index (κ3) is 6.06. The van der Waals surface area contributed by atoms with Crippen molar-refractivity contribution in [3.05, 3.63) is 0 Å². The molecule has 0 aliphatic carbocycles. The fourth-order valence-corrected chi connectivity index (χ4v) is 3.14. The molecule has 0 aromatic carbocycles. The fraction of sp³-hybridized carbons (Fsp3) is 0.842. The van der Waals surface area contributed by atoms with E-state index in [1.807, 2.05) is 0 Å². The molecule has 0 N–H and O–H groups in total. The zero-order valence-electron chi connectivity index (χ0n) is 16.9. The quantitative estimate of drug-likeness (QED) is 0.442. The summed E-state index contributed by atoms with van der Waals surface area (Å²) in [5.41, 5.74) is 0. The number of nitrogens with zero attached hydrogens (tertiary/aromatic N) is 4. The lowest BCUT2D eigenvalue weighted by molar-refractivity contribution is 0.0315. The molecular formula is C19H35N4O3+. The molecule has 148 valence electrons. The van der Waals surface area contributed by atoms with Crippen molar-refractivity contribution in [3.8, 4) is 12.0 Å². The standard InChI is InChI=1S/C19H35N4O3/c1-5-7-11-25-18-20-17(21-19(22-18)26-12-8-6-2)23(15-16(3)4)9-13-24-14-10-23/h16H,5-15H2,1-4H3/q+1. The minimum absolute atomic E-state index is 0.377. The van der Waals surface area contributed by atoms with Crippen LogP contribution in [0, 0.1) is 5.92 Å². The largest absolute Gasteiger partial charge is 0.463 e. The normalized spacial score (nSPS) is 16.7. The van der Waals surface area contributed by atoms with Crippen molar-refractivity contribution in [3.63, 3.8) is 0 Å². The lowest BCUT2D eigenvalue weighted by Gasteiger charge is -2.39. The van der Waals surface area contributed by atoms with Gasteiger partial charge in [-0.25, -0.2) is 0 Å². The highest BCUT2D eigenvalue weighted by atomic mass is 16.5. The van der Waals surface area contributed by atoms with Crippen LogP contribution < -0.4 is 14.0 Å². The van der Waals surface area contributed by atoms with Crippen LogP contribution in [0.3, 0.4) is 0 Å². The van der Waals surface area contributed by atoms with E-state index in [-0.39, 0.29) is 0 Å². The van der Waals surface area contributed by atoms with Crippen molar-refractivity contribution >= 4 is 5.95 Å². The Kier molecular flexibility index (Phi) is 8.51. The first-order valence-corrected chi connectivity index (χ1v) is 10.1. The highest BCUT2D eigenvalue weighted by Gasteiger charge is 2.38. The number of morpholine rings is 1. The smallest absolute Gasteiger partial charge is 0.338 e. The topological polar surface area (TPSA) is 66.4 Å². The van der Waals surface area contributed by atoms with Gasteiger partial charge in [-0.1, -0.05) is 40.5 Å². The van der Waals surface area contributed by atoms with E-state index >= 15 is 0 Å². The minimum Gasteiger partial charge on any atom is -0.463 e. The Morgan fingerprint density at radius 2 is 1.46 bits per heavy atom. The van der Waals surface area contributed by atoms with Gasteiger partial charge in [-0.15, -0.1) is 15.0 Å². The number of ether oxygens (including phenoxy) is 3. The molecule has 26 heavy (non-hydrogen) atoms. The van der Waals surface area contributed by atoms with Crippen molar-refractivity contribution in [2.45, 2.75) is 53.4 Å². The van der Waals surface area contributed by atoms with Crippen LogP contribution in [0.4, 0.5) is 5.95 Å². The van der Waals surface area contributed by atoms with Crippen LogP contribution in [0.25, 0.3) is 0 Å². The van der Waals surface area contributed by atoms with Gasteiger partial charge in [0.2, 0.25) is 0 Å². The second-order valence-corrected chi connectivity index (χ2v) is 7.39. The van der Waals surface area contributed by atoms with Crippen LogP contribution in [0.15, 0.2) is 0 Å². The molecule has 0 amide bonds. The van der Waals surface area contributed by atoms with Crippen molar-refractivity contribution in [1.82, 2.24) is 19.4 Å². The van der Waals surface area contributed by atoms with Crippen LogP contribution in [0.2, 0.25) is 0 Å². The van der Waals surface area contributed by atoms with E-state index in [0.29, 0.717) is 35.6 Å². The summed E-state index contributed by atoms with van der Waals surface area (Å²) >= 11 is 0. The molecule has 0 spiro atoms. The van der Waals surface area contributed by atoms with E-state index in [2.05, 4.69) is 42.6 Å². The summed E-state index contributed by atoms with van der Waals surface area (Å²) in [7, 11) is 0. The van der Waals surface area contributed by atoms with Crippen molar-refractivity contribution in [1.29, 1.82) is 0 Å². The number of aromatic nitrogens is 3. The highest BCUT2D eigenvalue weighted by molar-refractivity contribution is 5.29. The summed E-state index contributed by atoms with van der Waals surface area (Å²) in [6.07, 6.45) is 4.10. The van der Waals surface area contributed by atoms with Gasteiger partial charge >= 0.3 is 18.0 Å². The maximum Gasteiger partial charge on any atom is 0.338 e. The van der Waals surface area contributed by atoms with Gasteiger partial charge in [0.05, 0.1) is 33.0 Å². The van der Waals surface area contributed by atoms with Gasteiger partial charge in [0.25, 0.3) is 0 Å². The molecule has 1 aromatic heterocycles. The molecule has 0 saturated carbocycles. The predicted octanol–water partition coefficient (Wildman–Crippen LogP) is 3.22. The zero-order valence-corrected chi connectivity index (χ0v) is 16.9. The summed E-state index contributed by atoms with van der Waals surface area (Å²) in [5, 5.41) is 0. The molecule has 0 unspecified atom stereocenters. The molecule has 1 aliphatic rings. The van der Waals surface area contributed by atoms with Crippen LogP contribution in [-0.4, -0.2) is 61.0 Å². The van der Waals surface area contributed by atoms with Crippen molar-refractivity contribution in [2.24, 2.45) is 5.92 Å². The van der Waals surface area contributed by atoms with Gasteiger partial charge in [0, 0.05) is 5.92 Å². The Hall–Kier alpha value is -1.47. The molecule has 1 saturated heterocycles. The summed E-state index contributed by atoms with van der Waals surface area (Å²) in [4.78, 5) is 13.7. The Labute approximate surface area is 157 Å².